The number of benzene rings is 2. The molecule has 150 valence electrons. The second-order valence-corrected chi connectivity index (χ2v) is 7.72. The quantitative estimate of drug-likeness (QED) is 0.588. The van der Waals surface area contributed by atoms with Gasteiger partial charge in [0.15, 0.2) is 5.13 Å². The van der Waals surface area contributed by atoms with Crippen LogP contribution in [0.1, 0.15) is 21.5 Å². The van der Waals surface area contributed by atoms with E-state index in [0.717, 1.165) is 33.5 Å². The number of carbonyl (C=O) groups excluding carboxylic acids is 1. The van der Waals surface area contributed by atoms with Crippen LogP contribution in [0, 0.1) is 25.5 Å². The van der Waals surface area contributed by atoms with E-state index in [4.69, 9.17) is 0 Å². The third-order valence-corrected chi connectivity index (χ3v) is 5.54. The molecule has 0 spiro atoms. The fourth-order valence-electron chi connectivity index (χ4n) is 2.75. The molecule has 0 bridgehead atoms. The topological polar surface area (TPSA) is 36.4 Å². The second-order valence-electron chi connectivity index (χ2n) is 6.71. The third kappa shape index (κ3) is 4.32. The van der Waals surface area contributed by atoms with E-state index >= 15 is 0 Å². The largest absolute Gasteiger partial charge is 0.308 e. The first-order chi connectivity index (χ1) is 12.8. The molecule has 0 fully saturated rings. The summed E-state index contributed by atoms with van der Waals surface area (Å²) in [5.74, 6) is -2.47. The summed E-state index contributed by atoms with van der Waals surface area (Å²) in [6.45, 7) is 4.79. The Morgan fingerprint density at radius 2 is 1.71 bits per heavy atom. The molecule has 0 saturated heterocycles. The summed E-state index contributed by atoms with van der Waals surface area (Å²) < 4.78 is 29.3. The maximum absolute atomic E-state index is 14.2. The van der Waals surface area contributed by atoms with E-state index in [1.807, 2.05) is 45.0 Å². The highest BCUT2D eigenvalue weighted by Crippen LogP contribution is 2.33. The van der Waals surface area contributed by atoms with E-state index in [1.165, 1.54) is 22.3 Å². The molecule has 0 aliphatic carbocycles. The van der Waals surface area contributed by atoms with Crippen LogP contribution in [0.5, 0.6) is 0 Å². The van der Waals surface area contributed by atoms with Crippen molar-refractivity contribution < 1.29 is 13.6 Å². The van der Waals surface area contributed by atoms with Gasteiger partial charge in [-0.15, -0.1) is 12.4 Å². The van der Waals surface area contributed by atoms with Gasteiger partial charge in [-0.1, -0.05) is 23.5 Å². The number of anilines is 1. The zero-order chi connectivity index (χ0) is 19.7. The van der Waals surface area contributed by atoms with Crippen LogP contribution >= 0.6 is 23.7 Å². The van der Waals surface area contributed by atoms with Crippen LogP contribution in [-0.2, 0) is 0 Å². The minimum absolute atomic E-state index is 0. The lowest BCUT2D eigenvalue weighted by Crippen LogP contribution is -2.37. The molecule has 0 saturated carbocycles. The van der Waals surface area contributed by atoms with Gasteiger partial charge in [0.2, 0.25) is 0 Å². The van der Waals surface area contributed by atoms with E-state index in [1.54, 1.807) is 0 Å². The van der Waals surface area contributed by atoms with Gasteiger partial charge in [0.1, 0.15) is 17.2 Å². The number of aromatic nitrogens is 1. The Kier molecular flexibility index (Phi) is 7.09. The number of fused-ring (bicyclic) bond motifs is 1. The number of carbonyl (C=O) groups is 1. The molecular weight excluding hydrogens is 404 g/mol. The maximum Gasteiger partial charge on any atom is 0.266 e. The number of thiazole rings is 1. The molecule has 4 nitrogen and oxygen atoms in total. The van der Waals surface area contributed by atoms with E-state index in [2.05, 4.69) is 4.98 Å². The average molecular weight is 426 g/mol. The van der Waals surface area contributed by atoms with Gasteiger partial charge in [-0.2, -0.15) is 0 Å². The van der Waals surface area contributed by atoms with Gasteiger partial charge in [0.25, 0.3) is 5.91 Å². The molecule has 0 unspecified atom stereocenters. The highest BCUT2D eigenvalue weighted by atomic mass is 35.5. The Morgan fingerprint density at radius 3 is 2.32 bits per heavy atom. The first kappa shape index (κ1) is 22.2. The van der Waals surface area contributed by atoms with Crippen molar-refractivity contribution in [2.24, 2.45) is 0 Å². The van der Waals surface area contributed by atoms with Gasteiger partial charge in [-0.05, 0) is 57.3 Å². The fourth-order valence-corrected chi connectivity index (χ4v) is 3.80. The van der Waals surface area contributed by atoms with Gasteiger partial charge >= 0.3 is 0 Å². The van der Waals surface area contributed by atoms with Crippen LogP contribution in [0.2, 0.25) is 0 Å². The number of halogens is 3. The van der Waals surface area contributed by atoms with Gasteiger partial charge in [0.05, 0.1) is 10.2 Å². The molecule has 0 aliphatic heterocycles. The van der Waals surface area contributed by atoms with Crippen molar-refractivity contribution >= 4 is 45.0 Å². The van der Waals surface area contributed by atoms with Crippen LogP contribution in [-0.4, -0.2) is 43.0 Å². The Labute approximate surface area is 173 Å². The van der Waals surface area contributed by atoms with Crippen molar-refractivity contribution in [2.45, 2.75) is 13.8 Å². The van der Waals surface area contributed by atoms with E-state index in [9.17, 15) is 13.6 Å². The highest BCUT2D eigenvalue weighted by molar-refractivity contribution is 7.22. The fraction of sp³-hybridized carbons (Fsp3) is 0.300. The summed E-state index contributed by atoms with van der Waals surface area (Å²) in [5, 5.41) is 0.438. The predicted octanol–water partition coefficient (Wildman–Crippen LogP) is 4.82. The molecule has 1 aromatic heterocycles. The molecule has 0 radical (unpaired) electrons. The second kappa shape index (κ2) is 8.94. The maximum atomic E-state index is 14.2. The third-order valence-electron chi connectivity index (χ3n) is 4.50. The van der Waals surface area contributed by atoms with Gasteiger partial charge in [-0.25, -0.2) is 13.8 Å². The van der Waals surface area contributed by atoms with Crippen molar-refractivity contribution in [3.63, 3.8) is 0 Å². The predicted molar refractivity (Wildman–Crippen MR) is 113 cm³/mol. The minimum atomic E-state index is -0.872. The SMILES string of the molecule is Cc1ccc2sc(N(CCN(C)C)C(=O)c3c(F)cccc3F)nc2c1C.Cl. The van der Waals surface area contributed by atoms with Gasteiger partial charge < -0.3 is 4.90 Å². The first-order valence-corrected chi connectivity index (χ1v) is 9.38. The number of likely N-dealkylation sites (N-methyl/N-ethyl adjacent to an activating group) is 1. The number of nitrogens with zero attached hydrogens (tertiary/aromatic N) is 3. The molecule has 28 heavy (non-hydrogen) atoms. The molecule has 0 aliphatic rings. The minimum Gasteiger partial charge on any atom is -0.308 e. The highest BCUT2D eigenvalue weighted by Gasteiger charge is 2.26. The normalized spacial score (nSPS) is 11.0. The van der Waals surface area contributed by atoms with Gasteiger partial charge in [-0.3, -0.25) is 9.69 Å². The zero-order valence-electron chi connectivity index (χ0n) is 16.1. The molecule has 3 aromatic rings. The molecular formula is C20H22ClF2N3OS. The Hall–Kier alpha value is -2.09. The summed E-state index contributed by atoms with van der Waals surface area (Å²) in [5.41, 5.74) is 2.40. The smallest absolute Gasteiger partial charge is 0.266 e. The van der Waals surface area contributed by atoms with E-state index in [-0.39, 0.29) is 19.0 Å². The van der Waals surface area contributed by atoms with Crippen LogP contribution in [0.25, 0.3) is 10.2 Å². The lowest BCUT2D eigenvalue weighted by atomic mass is 10.1. The first-order valence-electron chi connectivity index (χ1n) is 8.57. The molecule has 0 N–H and O–H groups in total. The summed E-state index contributed by atoms with van der Waals surface area (Å²) in [6, 6.07) is 7.38. The van der Waals surface area contributed by atoms with Crippen molar-refractivity contribution in [1.82, 2.24) is 9.88 Å². The molecule has 3 rings (SSSR count). The molecule has 1 amide bonds. The van der Waals surface area contributed by atoms with Crippen molar-refractivity contribution in [1.29, 1.82) is 0 Å². The Morgan fingerprint density at radius 1 is 1.07 bits per heavy atom. The van der Waals surface area contributed by atoms with Crippen molar-refractivity contribution in [3.05, 3.63) is 58.7 Å². The number of amides is 1. The van der Waals surface area contributed by atoms with E-state index in [0.29, 0.717) is 11.7 Å². The molecule has 2 aromatic carbocycles. The van der Waals surface area contributed by atoms with Crippen molar-refractivity contribution in [3.8, 4) is 0 Å². The zero-order valence-corrected chi connectivity index (χ0v) is 17.8. The lowest BCUT2D eigenvalue weighted by Gasteiger charge is -2.22. The van der Waals surface area contributed by atoms with Crippen LogP contribution in [0.3, 0.4) is 0 Å². The molecule has 0 atom stereocenters. The number of hydrogen-bond acceptors (Lipinski definition) is 4. The van der Waals surface area contributed by atoms with Crippen LogP contribution in [0.15, 0.2) is 30.3 Å². The number of aryl methyl sites for hydroxylation is 2. The number of hydrogen-bond donors (Lipinski definition) is 0. The Balaban J connectivity index is 0.00000280. The summed E-state index contributed by atoms with van der Waals surface area (Å²) in [4.78, 5) is 20.9. The summed E-state index contributed by atoms with van der Waals surface area (Å²) in [6.07, 6.45) is 0. The van der Waals surface area contributed by atoms with Crippen LogP contribution < -0.4 is 4.90 Å². The van der Waals surface area contributed by atoms with E-state index < -0.39 is 23.1 Å². The standard InChI is InChI=1S/C20H21F2N3OS.ClH/c1-12-8-9-16-18(13(12)2)23-20(27-16)25(11-10-24(3)4)19(26)17-14(21)6-5-7-15(17)22;/h5-9H,10-11H2,1-4H3;1H. The molecule has 1 heterocycles. The van der Waals surface area contributed by atoms with Gasteiger partial charge in [0, 0.05) is 13.1 Å². The summed E-state index contributed by atoms with van der Waals surface area (Å²) in [7, 11) is 3.75. The van der Waals surface area contributed by atoms with Crippen molar-refractivity contribution in [2.75, 3.05) is 32.1 Å². The molecule has 8 heteroatoms. The number of rotatable bonds is 5. The lowest BCUT2D eigenvalue weighted by molar-refractivity contribution is 0.0977. The van der Waals surface area contributed by atoms with Crippen LogP contribution in [0.4, 0.5) is 13.9 Å². The Bertz CT molecular complexity index is 986. The monoisotopic (exact) mass is 425 g/mol. The average Bonchev–Trinajstić information content (AvgIpc) is 3.03. The summed E-state index contributed by atoms with van der Waals surface area (Å²) >= 11 is 1.35.